The molecule has 1 aromatic heterocycles. The highest BCUT2D eigenvalue weighted by Gasteiger charge is 1.96. The van der Waals surface area contributed by atoms with Gasteiger partial charge in [-0.1, -0.05) is 16.1 Å². The largest absolute Gasteiger partial charge is 0.380 e. The zero-order valence-electron chi connectivity index (χ0n) is 7.27. The molecule has 0 radical (unpaired) electrons. The van der Waals surface area contributed by atoms with Crippen molar-refractivity contribution in [2.45, 2.75) is 6.54 Å². The molecule has 0 aliphatic heterocycles. The maximum Gasteiger partial charge on any atom is 0.0671 e. The summed E-state index contributed by atoms with van der Waals surface area (Å²) in [5.41, 5.74) is 1.04. The molecule has 1 aromatic carbocycles. The summed E-state index contributed by atoms with van der Waals surface area (Å²) in [7, 11) is 0. The lowest BCUT2D eigenvalue weighted by Crippen LogP contribution is -1.96. The topological polar surface area (TPSA) is 37.8 Å². The van der Waals surface area contributed by atoms with Crippen molar-refractivity contribution in [3.8, 4) is 0 Å². The molecule has 2 aromatic rings. The molecular weight excluding hydrogens is 218 g/mol. The van der Waals surface area contributed by atoms with Gasteiger partial charge in [-0.15, -0.1) is 5.10 Å². The standard InChI is InChI=1S/C9H8ClN3S/c10-7-1-3-8(4-2-7)11-5-9-6-12-13-14-9/h1-4,6,11H,5H2. The van der Waals surface area contributed by atoms with Crippen molar-refractivity contribution in [1.82, 2.24) is 9.59 Å². The number of aromatic nitrogens is 2. The minimum absolute atomic E-state index is 0.745. The first-order valence-electron chi connectivity index (χ1n) is 4.10. The molecule has 2 rings (SSSR count). The van der Waals surface area contributed by atoms with Gasteiger partial charge in [0.05, 0.1) is 17.6 Å². The van der Waals surface area contributed by atoms with Crippen LogP contribution in [-0.4, -0.2) is 9.59 Å². The van der Waals surface area contributed by atoms with E-state index >= 15 is 0 Å². The van der Waals surface area contributed by atoms with E-state index in [0.717, 1.165) is 22.1 Å². The second-order valence-corrected chi connectivity index (χ2v) is 4.05. The van der Waals surface area contributed by atoms with Crippen LogP contribution in [0.3, 0.4) is 0 Å². The van der Waals surface area contributed by atoms with Gasteiger partial charge >= 0.3 is 0 Å². The molecule has 0 fully saturated rings. The highest BCUT2D eigenvalue weighted by Crippen LogP contribution is 2.14. The maximum atomic E-state index is 5.77. The lowest BCUT2D eigenvalue weighted by Gasteiger charge is -2.03. The van der Waals surface area contributed by atoms with E-state index in [1.165, 1.54) is 11.5 Å². The molecule has 5 heteroatoms. The van der Waals surface area contributed by atoms with Crippen LogP contribution in [0.4, 0.5) is 5.69 Å². The van der Waals surface area contributed by atoms with Gasteiger partial charge in [0.15, 0.2) is 0 Å². The van der Waals surface area contributed by atoms with Crippen molar-refractivity contribution in [2.24, 2.45) is 0 Å². The predicted molar refractivity (Wildman–Crippen MR) is 58.7 cm³/mol. The average molecular weight is 226 g/mol. The summed E-state index contributed by atoms with van der Waals surface area (Å²) in [4.78, 5) is 1.11. The maximum absolute atomic E-state index is 5.77. The molecule has 0 spiro atoms. The lowest BCUT2D eigenvalue weighted by molar-refractivity contribution is 1.12. The van der Waals surface area contributed by atoms with E-state index < -0.39 is 0 Å². The van der Waals surface area contributed by atoms with Gasteiger partial charge in [0.25, 0.3) is 0 Å². The SMILES string of the molecule is Clc1ccc(NCc2cnns2)cc1. The van der Waals surface area contributed by atoms with Crippen molar-refractivity contribution in [3.63, 3.8) is 0 Å². The van der Waals surface area contributed by atoms with Crippen LogP contribution in [0.15, 0.2) is 30.5 Å². The van der Waals surface area contributed by atoms with E-state index in [0.29, 0.717) is 0 Å². The van der Waals surface area contributed by atoms with Gasteiger partial charge in [0.2, 0.25) is 0 Å². The Morgan fingerprint density at radius 1 is 1.29 bits per heavy atom. The molecule has 3 nitrogen and oxygen atoms in total. The molecule has 1 N–H and O–H groups in total. The highest BCUT2D eigenvalue weighted by molar-refractivity contribution is 7.05. The minimum atomic E-state index is 0.745. The molecule has 0 unspecified atom stereocenters. The Labute approximate surface area is 90.9 Å². The molecular formula is C9H8ClN3S. The number of hydrogen-bond acceptors (Lipinski definition) is 4. The number of nitrogens with zero attached hydrogens (tertiary/aromatic N) is 2. The first-order chi connectivity index (χ1) is 6.84. The molecule has 0 bridgehead atoms. The van der Waals surface area contributed by atoms with Crippen LogP contribution in [0.25, 0.3) is 0 Å². The van der Waals surface area contributed by atoms with E-state index in [1.54, 1.807) is 6.20 Å². The molecule has 0 amide bonds. The monoisotopic (exact) mass is 225 g/mol. The van der Waals surface area contributed by atoms with Gasteiger partial charge in [-0.25, -0.2) is 0 Å². The smallest absolute Gasteiger partial charge is 0.0671 e. The fraction of sp³-hybridized carbons (Fsp3) is 0.111. The Morgan fingerprint density at radius 2 is 2.07 bits per heavy atom. The van der Waals surface area contributed by atoms with E-state index in [2.05, 4.69) is 14.9 Å². The van der Waals surface area contributed by atoms with Gasteiger partial charge in [-0.3, -0.25) is 0 Å². The summed E-state index contributed by atoms with van der Waals surface area (Å²) in [6.45, 7) is 0.749. The fourth-order valence-corrected chi connectivity index (χ4v) is 1.58. The second kappa shape index (κ2) is 4.39. The van der Waals surface area contributed by atoms with Crippen LogP contribution in [0.2, 0.25) is 5.02 Å². The van der Waals surface area contributed by atoms with Crippen molar-refractivity contribution >= 4 is 28.8 Å². The quantitative estimate of drug-likeness (QED) is 0.873. The third kappa shape index (κ3) is 2.43. The Bertz CT molecular complexity index is 385. The van der Waals surface area contributed by atoms with Crippen LogP contribution < -0.4 is 5.32 Å². The summed E-state index contributed by atoms with van der Waals surface area (Å²) >= 11 is 7.16. The van der Waals surface area contributed by atoms with Crippen LogP contribution in [0.5, 0.6) is 0 Å². The van der Waals surface area contributed by atoms with Crippen molar-refractivity contribution in [2.75, 3.05) is 5.32 Å². The van der Waals surface area contributed by atoms with E-state index in [1.807, 2.05) is 24.3 Å². The number of nitrogens with one attached hydrogen (secondary N) is 1. The van der Waals surface area contributed by atoms with Crippen molar-refractivity contribution < 1.29 is 0 Å². The highest BCUT2D eigenvalue weighted by atomic mass is 35.5. The van der Waals surface area contributed by atoms with E-state index in [-0.39, 0.29) is 0 Å². The summed E-state index contributed by atoms with van der Waals surface area (Å²) in [6.07, 6.45) is 1.76. The summed E-state index contributed by atoms with van der Waals surface area (Å²) in [5, 5.41) is 7.75. The van der Waals surface area contributed by atoms with Crippen LogP contribution in [0, 0.1) is 0 Å². The Balaban J connectivity index is 1.95. The molecule has 0 aliphatic rings. The van der Waals surface area contributed by atoms with Crippen LogP contribution >= 0.6 is 23.1 Å². The third-order valence-electron chi connectivity index (χ3n) is 1.72. The average Bonchev–Trinajstić information content (AvgIpc) is 2.70. The first-order valence-corrected chi connectivity index (χ1v) is 5.25. The number of anilines is 1. The second-order valence-electron chi connectivity index (χ2n) is 2.74. The fourth-order valence-electron chi connectivity index (χ4n) is 1.02. The Hall–Kier alpha value is -1.13. The zero-order valence-corrected chi connectivity index (χ0v) is 8.85. The molecule has 0 aliphatic carbocycles. The summed E-state index contributed by atoms with van der Waals surface area (Å²) in [6, 6.07) is 7.59. The van der Waals surface area contributed by atoms with E-state index in [4.69, 9.17) is 11.6 Å². The molecule has 0 saturated carbocycles. The minimum Gasteiger partial charge on any atom is -0.380 e. The number of benzene rings is 1. The van der Waals surface area contributed by atoms with Gasteiger partial charge in [0.1, 0.15) is 0 Å². The summed E-state index contributed by atoms with van der Waals surface area (Å²) in [5.74, 6) is 0. The normalized spacial score (nSPS) is 10.1. The van der Waals surface area contributed by atoms with E-state index in [9.17, 15) is 0 Å². The van der Waals surface area contributed by atoms with Gasteiger partial charge in [-0.2, -0.15) is 0 Å². The Kier molecular flexibility index (Phi) is 2.96. The van der Waals surface area contributed by atoms with Crippen molar-refractivity contribution in [3.05, 3.63) is 40.4 Å². The third-order valence-corrected chi connectivity index (χ3v) is 2.63. The molecule has 0 atom stereocenters. The zero-order chi connectivity index (χ0) is 9.80. The van der Waals surface area contributed by atoms with Gasteiger partial charge in [-0.05, 0) is 35.8 Å². The lowest BCUT2D eigenvalue weighted by atomic mass is 10.3. The van der Waals surface area contributed by atoms with Gasteiger partial charge in [0, 0.05) is 10.7 Å². The van der Waals surface area contributed by atoms with Crippen LogP contribution in [0.1, 0.15) is 4.88 Å². The molecule has 1 heterocycles. The summed E-state index contributed by atoms with van der Waals surface area (Å²) < 4.78 is 3.78. The molecule has 0 saturated heterocycles. The van der Waals surface area contributed by atoms with Crippen molar-refractivity contribution in [1.29, 1.82) is 0 Å². The molecule has 72 valence electrons. The number of halogens is 1. The number of hydrogen-bond donors (Lipinski definition) is 1. The first kappa shape index (κ1) is 9.43. The Morgan fingerprint density at radius 3 is 2.71 bits per heavy atom. The van der Waals surface area contributed by atoms with Gasteiger partial charge < -0.3 is 5.32 Å². The van der Waals surface area contributed by atoms with Crippen LogP contribution in [-0.2, 0) is 6.54 Å². The molecule has 14 heavy (non-hydrogen) atoms. The predicted octanol–water partition coefficient (Wildman–Crippen LogP) is 2.80. The number of rotatable bonds is 3.